The molecule has 0 saturated carbocycles. The van der Waals surface area contributed by atoms with Crippen LogP contribution in [0.5, 0.6) is 0 Å². The summed E-state index contributed by atoms with van der Waals surface area (Å²) in [5, 5.41) is 0. The summed E-state index contributed by atoms with van der Waals surface area (Å²) >= 11 is 0. The van der Waals surface area contributed by atoms with Crippen molar-refractivity contribution in [3.8, 4) is 0 Å². The van der Waals surface area contributed by atoms with Crippen LogP contribution in [-0.2, 0) is 28.6 Å². The first-order valence-corrected chi connectivity index (χ1v) is 32.3. The zero-order valence-electron chi connectivity index (χ0n) is 49.4. The molecular weight excluding hydrogens is 913 g/mol. The Morgan fingerprint density at radius 2 is 0.486 bits per heavy atom. The lowest BCUT2D eigenvalue weighted by Gasteiger charge is -2.18. The summed E-state index contributed by atoms with van der Waals surface area (Å²) in [5.74, 6) is -0.889. The Morgan fingerprint density at radius 1 is 0.270 bits per heavy atom. The van der Waals surface area contributed by atoms with Gasteiger partial charge in [0.05, 0.1) is 0 Å². The fourth-order valence-electron chi connectivity index (χ4n) is 9.32. The summed E-state index contributed by atoms with van der Waals surface area (Å²) in [6.45, 7) is 6.62. The Balaban J connectivity index is 4.31. The Morgan fingerprint density at radius 3 is 0.797 bits per heavy atom. The lowest BCUT2D eigenvalue weighted by Crippen LogP contribution is -2.30. The minimum atomic E-state index is -0.785. The molecule has 430 valence electrons. The molecule has 0 bridgehead atoms. The molecule has 0 heterocycles. The van der Waals surface area contributed by atoms with Crippen LogP contribution in [0, 0.1) is 0 Å². The van der Waals surface area contributed by atoms with Gasteiger partial charge in [-0.3, -0.25) is 14.4 Å². The third-order valence-electron chi connectivity index (χ3n) is 14.2. The molecule has 0 aromatic rings. The average Bonchev–Trinajstić information content (AvgIpc) is 3.40. The molecule has 6 heteroatoms. The van der Waals surface area contributed by atoms with Crippen molar-refractivity contribution >= 4 is 17.9 Å². The Kier molecular flexibility index (Phi) is 60.2. The molecule has 74 heavy (non-hydrogen) atoms. The monoisotopic (exact) mass is 1030 g/mol. The summed E-state index contributed by atoms with van der Waals surface area (Å²) < 4.78 is 16.9. The summed E-state index contributed by atoms with van der Waals surface area (Å²) in [7, 11) is 0. The largest absolute Gasteiger partial charge is 0.462 e. The molecule has 0 rings (SSSR count). The molecule has 0 aliphatic heterocycles. The fourth-order valence-corrected chi connectivity index (χ4v) is 9.32. The molecular formula is C68H122O6. The van der Waals surface area contributed by atoms with E-state index in [1.807, 2.05) is 0 Å². The van der Waals surface area contributed by atoms with Crippen LogP contribution in [0.15, 0.2) is 60.8 Å². The van der Waals surface area contributed by atoms with Crippen molar-refractivity contribution in [2.24, 2.45) is 0 Å². The molecule has 0 fully saturated rings. The van der Waals surface area contributed by atoms with E-state index >= 15 is 0 Å². The maximum atomic E-state index is 12.9. The number of unbranched alkanes of at least 4 members (excludes halogenated alkanes) is 38. The van der Waals surface area contributed by atoms with Crippen LogP contribution in [0.25, 0.3) is 0 Å². The number of ether oxygens (including phenoxy) is 3. The van der Waals surface area contributed by atoms with Crippen LogP contribution in [0.1, 0.15) is 335 Å². The molecule has 0 aromatic heterocycles. The number of carbonyl (C=O) groups excluding carboxylic acids is 3. The maximum absolute atomic E-state index is 12.9. The Labute approximate surface area is 460 Å². The van der Waals surface area contributed by atoms with Gasteiger partial charge < -0.3 is 14.2 Å². The molecule has 0 saturated heterocycles. The quantitative estimate of drug-likeness (QED) is 0.0261. The van der Waals surface area contributed by atoms with E-state index in [4.69, 9.17) is 14.2 Å². The van der Waals surface area contributed by atoms with E-state index < -0.39 is 6.10 Å². The van der Waals surface area contributed by atoms with Crippen molar-refractivity contribution in [2.45, 2.75) is 341 Å². The molecule has 1 unspecified atom stereocenters. The number of hydrogen-bond donors (Lipinski definition) is 0. The van der Waals surface area contributed by atoms with E-state index in [1.165, 1.54) is 205 Å². The molecule has 0 radical (unpaired) electrons. The van der Waals surface area contributed by atoms with Gasteiger partial charge in [0.1, 0.15) is 13.2 Å². The summed E-state index contributed by atoms with van der Waals surface area (Å²) in [6.07, 6.45) is 79.4. The summed E-state index contributed by atoms with van der Waals surface area (Å²) in [6, 6.07) is 0. The van der Waals surface area contributed by atoms with Gasteiger partial charge in [0.25, 0.3) is 0 Å². The molecule has 6 nitrogen and oxygen atoms in total. The highest BCUT2D eigenvalue weighted by Crippen LogP contribution is 2.16. The van der Waals surface area contributed by atoms with Crippen LogP contribution < -0.4 is 0 Å². The van der Waals surface area contributed by atoms with Gasteiger partial charge in [-0.15, -0.1) is 0 Å². The Hall–Kier alpha value is -2.89. The fraction of sp³-hybridized carbons (Fsp3) is 0.809. The van der Waals surface area contributed by atoms with E-state index in [0.717, 1.165) is 89.9 Å². The first kappa shape index (κ1) is 71.1. The number of carbonyl (C=O) groups is 3. The number of allylic oxidation sites excluding steroid dienone is 10. The van der Waals surface area contributed by atoms with Crippen LogP contribution in [0.2, 0.25) is 0 Å². The predicted octanol–water partition coefficient (Wildman–Crippen LogP) is 21.9. The summed E-state index contributed by atoms with van der Waals surface area (Å²) in [4.78, 5) is 38.3. The minimum Gasteiger partial charge on any atom is -0.462 e. The third kappa shape index (κ3) is 60.0. The standard InChI is InChI=1S/C68H122O6/c1-4-7-10-13-16-19-22-25-27-29-31-33-34-36-37-39-41-43-46-49-52-55-58-61-67(70)73-64-65(63-72-66(69)60-57-54-51-48-45-24-21-18-15-12-9-6-3)74-68(71)62-59-56-53-50-47-44-42-40-38-35-32-30-28-26-23-20-17-14-11-8-5-2/h18,21,23,26,29-32,38,40,65H,4-17,19-20,22,24-25,27-28,33-37,39,41-64H2,1-3H3/b21-18-,26-23-,31-29-,32-30-,40-38-. The normalized spacial score (nSPS) is 12.4. The third-order valence-corrected chi connectivity index (χ3v) is 14.2. The molecule has 0 amide bonds. The number of rotatable bonds is 59. The average molecular weight is 1040 g/mol. The first-order valence-electron chi connectivity index (χ1n) is 32.3. The van der Waals surface area contributed by atoms with Crippen molar-refractivity contribution in [1.82, 2.24) is 0 Å². The smallest absolute Gasteiger partial charge is 0.306 e. The van der Waals surface area contributed by atoms with Gasteiger partial charge >= 0.3 is 17.9 Å². The highest BCUT2D eigenvalue weighted by Gasteiger charge is 2.19. The predicted molar refractivity (Wildman–Crippen MR) is 321 cm³/mol. The van der Waals surface area contributed by atoms with E-state index in [9.17, 15) is 14.4 Å². The molecule has 0 aliphatic rings. The number of esters is 3. The minimum absolute atomic E-state index is 0.0810. The molecule has 0 aliphatic carbocycles. The molecule has 0 spiro atoms. The number of hydrogen-bond acceptors (Lipinski definition) is 6. The topological polar surface area (TPSA) is 78.9 Å². The lowest BCUT2D eigenvalue weighted by atomic mass is 10.0. The zero-order valence-corrected chi connectivity index (χ0v) is 49.4. The maximum Gasteiger partial charge on any atom is 0.306 e. The van der Waals surface area contributed by atoms with Gasteiger partial charge in [-0.25, -0.2) is 0 Å². The van der Waals surface area contributed by atoms with Crippen LogP contribution in [-0.4, -0.2) is 37.2 Å². The molecule has 1 atom stereocenters. The zero-order chi connectivity index (χ0) is 53.6. The van der Waals surface area contributed by atoms with E-state index in [0.29, 0.717) is 19.3 Å². The van der Waals surface area contributed by atoms with Crippen LogP contribution in [0.4, 0.5) is 0 Å². The van der Waals surface area contributed by atoms with Crippen LogP contribution >= 0.6 is 0 Å². The second-order valence-corrected chi connectivity index (χ2v) is 21.7. The molecule has 0 aromatic carbocycles. The van der Waals surface area contributed by atoms with Gasteiger partial charge in [-0.1, -0.05) is 268 Å². The second kappa shape index (κ2) is 62.6. The van der Waals surface area contributed by atoms with Crippen molar-refractivity contribution in [3.63, 3.8) is 0 Å². The van der Waals surface area contributed by atoms with Gasteiger partial charge in [-0.05, 0) is 109 Å². The van der Waals surface area contributed by atoms with Gasteiger partial charge in [0, 0.05) is 19.3 Å². The van der Waals surface area contributed by atoms with Crippen molar-refractivity contribution < 1.29 is 28.6 Å². The van der Waals surface area contributed by atoms with Crippen molar-refractivity contribution in [3.05, 3.63) is 60.8 Å². The SMILES string of the molecule is CCCCC/C=C\CCCCCCCC(=O)OCC(COC(=O)CCCCCCCCCCCCC/C=C\CCCCCCCCCC)OC(=O)CCCCCCCC/C=C\C/C=C\C/C=C\CCCCCCC. The Bertz CT molecular complexity index is 1330. The van der Waals surface area contributed by atoms with Gasteiger partial charge in [0.2, 0.25) is 0 Å². The van der Waals surface area contributed by atoms with Crippen molar-refractivity contribution in [2.75, 3.05) is 13.2 Å². The highest BCUT2D eigenvalue weighted by atomic mass is 16.6. The van der Waals surface area contributed by atoms with E-state index in [2.05, 4.69) is 81.5 Å². The highest BCUT2D eigenvalue weighted by molar-refractivity contribution is 5.71. The second-order valence-electron chi connectivity index (χ2n) is 21.7. The lowest BCUT2D eigenvalue weighted by molar-refractivity contribution is -0.167. The van der Waals surface area contributed by atoms with E-state index in [1.54, 1.807) is 0 Å². The van der Waals surface area contributed by atoms with E-state index in [-0.39, 0.29) is 31.1 Å². The van der Waals surface area contributed by atoms with Gasteiger partial charge in [-0.2, -0.15) is 0 Å². The van der Waals surface area contributed by atoms with Crippen molar-refractivity contribution in [1.29, 1.82) is 0 Å². The van der Waals surface area contributed by atoms with Crippen LogP contribution in [0.3, 0.4) is 0 Å². The summed E-state index contributed by atoms with van der Waals surface area (Å²) in [5.41, 5.74) is 0. The first-order chi connectivity index (χ1) is 36.5. The molecule has 0 N–H and O–H groups in total. The van der Waals surface area contributed by atoms with Gasteiger partial charge in [0.15, 0.2) is 6.10 Å².